The Morgan fingerprint density at radius 2 is 1.89 bits per heavy atom. The molecule has 4 nitrogen and oxygen atoms in total. The van der Waals surface area contributed by atoms with E-state index >= 15 is 0 Å². The van der Waals surface area contributed by atoms with Crippen LogP contribution in [0.3, 0.4) is 0 Å². The summed E-state index contributed by atoms with van der Waals surface area (Å²) in [6, 6.07) is 13.8. The number of fused-ring (bicyclic) bond motifs is 1. The predicted octanol–water partition coefficient (Wildman–Crippen LogP) is 5.08. The Morgan fingerprint density at radius 3 is 2.63 bits per heavy atom. The summed E-state index contributed by atoms with van der Waals surface area (Å²) in [5, 5.41) is 0.917. The number of nitrogens with zero attached hydrogens (tertiary/aromatic N) is 1. The third-order valence-electron chi connectivity index (χ3n) is 3.66. The Bertz CT molecular complexity index is 896. The molecule has 1 heterocycles. The van der Waals surface area contributed by atoms with E-state index in [2.05, 4.69) is 4.98 Å². The highest BCUT2D eigenvalue weighted by atomic mass is 19.1. The van der Waals surface area contributed by atoms with E-state index < -0.39 is 0 Å². The molecule has 0 aliphatic heterocycles. The minimum Gasteiger partial charge on any atom is -0.489 e. The highest BCUT2D eigenvalue weighted by Crippen LogP contribution is 2.21. The summed E-state index contributed by atoms with van der Waals surface area (Å²) in [4.78, 5) is 15.9. The van der Waals surface area contributed by atoms with Crippen LogP contribution in [0.2, 0.25) is 0 Å². The second-order valence-electron chi connectivity index (χ2n) is 5.60. The van der Waals surface area contributed by atoms with Crippen molar-refractivity contribution >= 4 is 16.9 Å². The van der Waals surface area contributed by atoms with Gasteiger partial charge in [0.1, 0.15) is 18.2 Å². The number of carbonyl (C=O) groups is 1. The number of hydrogen-bond donors (Lipinski definition) is 0. The van der Waals surface area contributed by atoms with Gasteiger partial charge in [-0.3, -0.25) is 9.78 Å². The van der Waals surface area contributed by atoms with Crippen LogP contribution < -0.4 is 4.74 Å². The Hall–Kier alpha value is -2.95. The number of hydrogen-bond acceptors (Lipinski definition) is 4. The van der Waals surface area contributed by atoms with Gasteiger partial charge in [-0.05, 0) is 48.4 Å². The molecule has 0 radical (unpaired) electrons. The Morgan fingerprint density at radius 1 is 1.07 bits per heavy atom. The normalized spacial score (nSPS) is 10.1. The maximum Gasteiger partial charge on any atom is 0.310 e. The molecule has 0 aliphatic carbocycles. The molecule has 0 unspecified atom stereocenters. The number of halogens is 1. The monoisotopic (exact) mass is 369 g/mol. The quantitative estimate of drug-likeness (QED) is 0.568. The Balaban J connectivity index is 0.00000126. The van der Waals surface area contributed by atoms with Crippen LogP contribution in [-0.4, -0.2) is 17.6 Å². The number of carbonyl (C=O) groups excluding carboxylic acids is 1. The molecule has 3 aromatic rings. The molecule has 142 valence electrons. The van der Waals surface area contributed by atoms with Gasteiger partial charge in [0.25, 0.3) is 0 Å². The summed E-state index contributed by atoms with van der Waals surface area (Å²) in [6.07, 6.45) is 1.87. The first kappa shape index (κ1) is 20.4. The van der Waals surface area contributed by atoms with Gasteiger partial charge in [-0.2, -0.15) is 0 Å². The number of ether oxygens (including phenoxy) is 2. The second-order valence-corrected chi connectivity index (χ2v) is 5.60. The van der Waals surface area contributed by atoms with E-state index in [0.29, 0.717) is 12.4 Å². The van der Waals surface area contributed by atoms with Gasteiger partial charge in [-0.1, -0.05) is 26.0 Å². The van der Waals surface area contributed by atoms with E-state index in [-0.39, 0.29) is 24.8 Å². The first-order valence-corrected chi connectivity index (χ1v) is 9.05. The lowest BCUT2D eigenvalue weighted by Gasteiger charge is -2.08. The molecule has 0 fully saturated rings. The van der Waals surface area contributed by atoms with E-state index in [4.69, 9.17) is 9.47 Å². The molecule has 3 rings (SSSR count). The maximum atomic E-state index is 13.2. The molecule has 5 heteroatoms. The highest BCUT2D eigenvalue weighted by Gasteiger charge is 2.06. The van der Waals surface area contributed by atoms with Crippen LogP contribution in [0.5, 0.6) is 5.75 Å². The van der Waals surface area contributed by atoms with Crippen LogP contribution in [0.1, 0.15) is 31.9 Å². The van der Waals surface area contributed by atoms with Gasteiger partial charge in [0.05, 0.1) is 18.5 Å². The van der Waals surface area contributed by atoms with Crippen LogP contribution in [0.15, 0.2) is 54.7 Å². The molecule has 0 spiro atoms. The number of pyridine rings is 1. The van der Waals surface area contributed by atoms with Crippen molar-refractivity contribution in [2.24, 2.45) is 0 Å². The summed E-state index contributed by atoms with van der Waals surface area (Å²) in [6.45, 7) is 6.43. The minimum atomic E-state index is -0.282. The minimum absolute atomic E-state index is 0.203. The van der Waals surface area contributed by atoms with Gasteiger partial charge in [0.2, 0.25) is 0 Å². The van der Waals surface area contributed by atoms with Crippen molar-refractivity contribution in [3.63, 3.8) is 0 Å². The zero-order valence-corrected chi connectivity index (χ0v) is 15.9. The molecule has 27 heavy (non-hydrogen) atoms. The number of rotatable bonds is 6. The third-order valence-corrected chi connectivity index (χ3v) is 3.66. The van der Waals surface area contributed by atoms with Crippen molar-refractivity contribution in [3.05, 3.63) is 71.7 Å². The number of benzene rings is 2. The molecule has 0 amide bonds. The third kappa shape index (κ3) is 6.06. The van der Waals surface area contributed by atoms with Crippen molar-refractivity contribution in [2.75, 3.05) is 6.61 Å². The van der Waals surface area contributed by atoms with Crippen LogP contribution in [0, 0.1) is 5.82 Å². The van der Waals surface area contributed by atoms with Crippen molar-refractivity contribution in [1.82, 2.24) is 4.98 Å². The van der Waals surface area contributed by atoms with E-state index in [1.807, 2.05) is 44.2 Å². The highest BCUT2D eigenvalue weighted by molar-refractivity contribution is 5.82. The van der Waals surface area contributed by atoms with E-state index in [1.54, 1.807) is 19.2 Å². The van der Waals surface area contributed by atoms with Crippen molar-refractivity contribution in [2.45, 2.75) is 33.8 Å². The molecular weight excluding hydrogens is 345 g/mol. The predicted molar refractivity (Wildman–Crippen MR) is 104 cm³/mol. The number of aromatic nitrogens is 1. The zero-order valence-electron chi connectivity index (χ0n) is 15.9. The van der Waals surface area contributed by atoms with Crippen molar-refractivity contribution in [3.8, 4) is 5.75 Å². The molecule has 0 N–H and O–H groups in total. The fourth-order valence-corrected chi connectivity index (χ4v) is 2.51. The number of esters is 1. The average molecular weight is 369 g/mol. The van der Waals surface area contributed by atoms with Crippen LogP contribution in [0.25, 0.3) is 10.9 Å². The molecule has 2 aromatic carbocycles. The van der Waals surface area contributed by atoms with E-state index in [0.717, 1.165) is 22.0 Å². The second kappa shape index (κ2) is 10.3. The zero-order chi connectivity index (χ0) is 19.6. The smallest absolute Gasteiger partial charge is 0.310 e. The van der Waals surface area contributed by atoms with Crippen molar-refractivity contribution in [1.29, 1.82) is 0 Å². The summed E-state index contributed by atoms with van der Waals surface area (Å²) < 4.78 is 23.8. The van der Waals surface area contributed by atoms with E-state index in [1.165, 1.54) is 12.1 Å². The molecular formula is C22H24FNO3. The summed E-state index contributed by atoms with van der Waals surface area (Å²) in [7, 11) is 0. The standard InChI is InChI=1S/C20H18FNO3.C2H6/c1-2-24-20(23)10-15-8-16-6-7-18(11-19(16)22-12-15)25-13-14-4-3-5-17(21)9-14;1-2/h3-9,11-12H,2,10,13H2,1H3;1-2H3. The largest absolute Gasteiger partial charge is 0.489 e. The summed E-state index contributed by atoms with van der Waals surface area (Å²) in [5.41, 5.74) is 2.33. The van der Waals surface area contributed by atoms with Crippen LogP contribution >= 0.6 is 0 Å². The SMILES string of the molecule is CC.CCOC(=O)Cc1cnc2cc(OCc3cccc(F)c3)ccc2c1. The molecule has 0 saturated carbocycles. The Kier molecular flexibility index (Phi) is 7.74. The Labute approximate surface area is 159 Å². The summed E-state index contributed by atoms with van der Waals surface area (Å²) >= 11 is 0. The molecule has 0 atom stereocenters. The van der Waals surface area contributed by atoms with Crippen molar-refractivity contribution < 1.29 is 18.7 Å². The topological polar surface area (TPSA) is 48.4 Å². The van der Waals surface area contributed by atoms with Gasteiger partial charge < -0.3 is 9.47 Å². The fraction of sp³-hybridized carbons (Fsp3) is 0.273. The van der Waals surface area contributed by atoms with Crippen LogP contribution in [0.4, 0.5) is 4.39 Å². The van der Waals surface area contributed by atoms with Gasteiger partial charge in [-0.15, -0.1) is 0 Å². The molecule has 0 saturated heterocycles. The lowest BCUT2D eigenvalue weighted by Crippen LogP contribution is -2.07. The van der Waals surface area contributed by atoms with Gasteiger partial charge in [-0.25, -0.2) is 4.39 Å². The molecule has 0 aliphatic rings. The fourth-order valence-electron chi connectivity index (χ4n) is 2.51. The van der Waals surface area contributed by atoms with Crippen LogP contribution in [-0.2, 0) is 22.6 Å². The first-order chi connectivity index (χ1) is 13.1. The molecule has 1 aromatic heterocycles. The molecule has 0 bridgehead atoms. The van der Waals surface area contributed by atoms with Gasteiger partial charge >= 0.3 is 5.97 Å². The first-order valence-electron chi connectivity index (χ1n) is 9.05. The maximum absolute atomic E-state index is 13.2. The lowest BCUT2D eigenvalue weighted by atomic mass is 10.1. The summed E-state index contributed by atoms with van der Waals surface area (Å²) in [5.74, 6) is 0.108. The lowest BCUT2D eigenvalue weighted by molar-refractivity contribution is -0.142. The average Bonchev–Trinajstić information content (AvgIpc) is 2.68. The van der Waals surface area contributed by atoms with Gasteiger partial charge in [0.15, 0.2) is 0 Å². The van der Waals surface area contributed by atoms with Gasteiger partial charge in [0, 0.05) is 17.6 Å². The van der Waals surface area contributed by atoms with E-state index in [9.17, 15) is 9.18 Å².